The Kier molecular flexibility index (Phi) is 11.7. The van der Waals surface area contributed by atoms with Gasteiger partial charge in [0.15, 0.2) is 5.78 Å². The summed E-state index contributed by atoms with van der Waals surface area (Å²) in [6, 6.07) is 4.80. The van der Waals surface area contributed by atoms with Gasteiger partial charge in [0, 0.05) is 19.5 Å². The average molecular weight is 641 g/mol. The van der Waals surface area contributed by atoms with E-state index in [0.717, 1.165) is 18.4 Å². The number of fused-ring (bicyclic) bond motifs is 1. The lowest BCUT2D eigenvalue weighted by atomic mass is 9.64. The highest BCUT2D eigenvalue weighted by molar-refractivity contribution is 5.98. The first-order chi connectivity index (χ1) is 22.1. The molecule has 3 amide bonds. The minimum Gasteiger partial charge on any atom is -0.497 e. The van der Waals surface area contributed by atoms with Crippen molar-refractivity contribution in [1.82, 2.24) is 20.9 Å². The van der Waals surface area contributed by atoms with Crippen LogP contribution in [0.4, 0.5) is 0 Å². The predicted molar refractivity (Wildman–Crippen MR) is 172 cm³/mol. The smallest absolute Gasteiger partial charge is 0.243 e. The van der Waals surface area contributed by atoms with Gasteiger partial charge in [0.1, 0.15) is 23.4 Å². The van der Waals surface area contributed by atoms with Gasteiger partial charge < -0.3 is 30.2 Å². The molecule has 2 aliphatic heterocycles. The summed E-state index contributed by atoms with van der Waals surface area (Å²) in [6.45, 7) is 6.37. The van der Waals surface area contributed by atoms with Crippen molar-refractivity contribution in [2.45, 2.75) is 95.4 Å². The quantitative estimate of drug-likeness (QED) is 0.264. The Morgan fingerprint density at radius 3 is 2.30 bits per heavy atom. The maximum atomic E-state index is 14.1. The van der Waals surface area contributed by atoms with E-state index >= 15 is 0 Å². The summed E-state index contributed by atoms with van der Waals surface area (Å²) in [7, 11) is 1.59. The molecule has 1 aromatic rings. The van der Waals surface area contributed by atoms with Crippen molar-refractivity contribution in [3.8, 4) is 5.75 Å². The van der Waals surface area contributed by atoms with Crippen molar-refractivity contribution in [2.24, 2.45) is 17.8 Å². The maximum absolute atomic E-state index is 14.1. The first-order valence-corrected chi connectivity index (χ1v) is 17.2. The minimum atomic E-state index is -0.962. The molecule has 0 aromatic heterocycles. The van der Waals surface area contributed by atoms with Crippen LogP contribution in [0, 0.1) is 17.8 Å². The standard InChI is InChI=1S/C35H52N4O7/c1-23(36-31(40)21-39-15-17-45-18-16-39)33(42)38-30(19-24-11-13-27(44-3)14-12-24)34(43)37-29(32(41)35(2)22-46-35)20-26-9-6-8-25-7-4-5-10-28(25)26/h11-14,23,25-26,28-30H,4-10,15-22H2,1-3H3,(H,36,40)(H,37,43)(H,38,42)/t23-,25-,26+,28-,29-,30-,35+/m0/s1. The molecule has 0 radical (unpaired) electrons. The van der Waals surface area contributed by atoms with Gasteiger partial charge in [-0.25, -0.2) is 0 Å². The zero-order valence-corrected chi connectivity index (χ0v) is 27.7. The molecule has 7 atom stereocenters. The van der Waals surface area contributed by atoms with Crippen molar-refractivity contribution in [1.29, 1.82) is 0 Å². The third-order valence-corrected chi connectivity index (χ3v) is 10.5. The molecule has 2 saturated heterocycles. The van der Waals surface area contributed by atoms with E-state index in [1.165, 1.54) is 32.1 Å². The second kappa shape index (κ2) is 15.7. The highest BCUT2D eigenvalue weighted by Crippen LogP contribution is 2.46. The number of methoxy groups -OCH3 is 1. The Bertz CT molecular complexity index is 1210. The predicted octanol–water partition coefficient (Wildman–Crippen LogP) is 2.40. The first-order valence-electron chi connectivity index (χ1n) is 17.2. The molecule has 0 bridgehead atoms. The lowest BCUT2D eigenvalue weighted by molar-refractivity contribution is -0.134. The zero-order chi connectivity index (χ0) is 32.7. The highest BCUT2D eigenvalue weighted by atomic mass is 16.6. The monoisotopic (exact) mass is 640 g/mol. The van der Waals surface area contributed by atoms with Crippen LogP contribution in [0.1, 0.15) is 70.8 Å². The van der Waals surface area contributed by atoms with Crippen molar-refractivity contribution >= 4 is 23.5 Å². The van der Waals surface area contributed by atoms with Crippen molar-refractivity contribution in [3.05, 3.63) is 29.8 Å². The summed E-state index contributed by atoms with van der Waals surface area (Å²) >= 11 is 0. The van der Waals surface area contributed by atoms with Gasteiger partial charge in [0.25, 0.3) is 0 Å². The molecular formula is C35H52N4O7. The van der Waals surface area contributed by atoms with Crippen LogP contribution in [0.5, 0.6) is 5.75 Å². The fourth-order valence-corrected chi connectivity index (χ4v) is 7.61. The van der Waals surface area contributed by atoms with E-state index in [2.05, 4.69) is 16.0 Å². The van der Waals surface area contributed by atoms with E-state index in [0.29, 0.717) is 62.8 Å². The summed E-state index contributed by atoms with van der Waals surface area (Å²) in [5.74, 6) is 1.08. The van der Waals surface area contributed by atoms with Gasteiger partial charge in [0.05, 0.1) is 39.5 Å². The molecule has 2 saturated carbocycles. The van der Waals surface area contributed by atoms with Crippen molar-refractivity contribution in [2.75, 3.05) is 46.6 Å². The molecule has 11 nitrogen and oxygen atoms in total. The highest BCUT2D eigenvalue weighted by Gasteiger charge is 2.51. The van der Waals surface area contributed by atoms with Gasteiger partial charge in [-0.1, -0.05) is 50.7 Å². The number of rotatable bonds is 14. The molecule has 2 aliphatic carbocycles. The number of hydrogen-bond acceptors (Lipinski definition) is 8. The molecule has 4 aliphatic rings. The van der Waals surface area contributed by atoms with Gasteiger partial charge in [-0.2, -0.15) is 0 Å². The normalized spacial score (nSPS) is 28.1. The SMILES string of the molecule is COc1ccc(C[C@H](NC(=O)[C@H](C)NC(=O)CN2CCOCC2)C(=O)N[C@@H](C[C@H]2CCC[C@@H]3CCCC[C@@H]32)C(=O)[C@@]2(C)CO2)cc1. The Hall–Kier alpha value is -3.02. The van der Waals surface area contributed by atoms with Crippen LogP contribution in [-0.4, -0.2) is 98.7 Å². The van der Waals surface area contributed by atoms with Gasteiger partial charge >= 0.3 is 0 Å². The molecule has 3 N–H and O–H groups in total. The van der Waals surface area contributed by atoms with E-state index < -0.39 is 35.5 Å². The molecule has 46 heavy (non-hydrogen) atoms. The second-order valence-corrected chi connectivity index (χ2v) is 13.9. The fraction of sp³-hybridized carbons (Fsp3) is 0.714. The van der Waals surface area contributed by atoms with Crippen LogP contribution in [0.2, 0.25) is 0 Å². The third kappa shape index (κ3) is 9.07. The van der Waals surface area contributed by atoms with Crippen molar-refractivity contribution < 1.29 is 33.4 Å². The number of nitrogens with zero attached hydrogens (tertiary/aromatic N) is 1. The number of carbonyl (C=O) groups excluding carboxylic acids is 4. The van der Waals surface area contributed by atoms with Crippen LogP contribution < -0.4 is 20.7 Å². The zero-order valence-electron chi connectivity index (χ0n) is 27.7. The van der Waals surface area contributed by atoms with E-state index in [4.69, 9.17) is 14.2 Å². The van der Waals surface area contributed by atoms with Crippen LogP contribution in [0.25, 0.3) is 0 Å². The number of morpholine rings is 1. The third-order valence-electron chi connectivity index (χ3n) is 10.5. The lowest BCUT2D eigenvalue weighted by Gasteiger charge is -2.42. The maximum Gasteiger partial charge on any atom is 0.243 e. The van der Waals surface area contributed by atoms with E-state index in [1.54, 1.807) is 21.0 Å². The molecule has 5 rings (SSSR count). The fourth-order valence-electron chi connectivity index (χ4n) is 7.61. The Morgan fingerprint density at radius 1 is 0.935 bits per heavy atom. The number of carbonyl (C=O) groups is 4. The van der Waals surface area contributed by atoms with Gasteiger partial charge in [0.2, 0.25) is 17.7 Å². The number of benzene rings is 1. The van der Waals surface area contributed by atoms with Crippen LogP contribution >= 0.6 is 0 Å². The molecular weight excluding hydrogens is 588 g/mol. The molecule has 4 fully saturated rings. The largest absolute Gasteiger partial charge is 0.497 e. The van der Waals surface area contributed by atoms with Gasteiger partial charge in [-0.05, 0) is 62.1 Å². The Morgan fingerprint density at radius 2 is 1.61 bits per heavy atom. The Balaban J connectivity index is 1.28. The topological polar surface area (TPSA) is 139 Å². The molecule has 2 heterocycles. The minimum absolute atomic E-state index is 0.1000. The van der Waals surface area contributed by atoms with Crippen LogP contribution in [0.15, 0.2) is 24.3 Å². The lowest BCUT2D eigenvalue weighted by Crippen LogP contribution is -2.57. The summed E-state index contributed by atoms with van der Waals surface area (Å²) < 4.78 is 16.2. The summed E-state index contributed by atoms with van der Waals surface area (Å²) in [5, 5.41) is 8.72. The number of epoxide rings is 1. The number of Topliss-reactive ketones (excluding diaryl/α,β-unsaturated/α-hetero) is 1. The summed E-state index contributed by atoms with van der Waals surface area (Å²) in [6.07, 6.45) is 9.20. The van der Waals surface area contributed by atoms with Gasteiger partial charge in [-0.3, -0.25) is 24.1 Å². The number of amides is 3. The van der Waals surface area contributed by atoms with Crippen molar-refractivity contribution in [3.63, 3.8) is 0 Å². The van der Waals surface area contributed by atoms with Gasteiger partial charge in [-0.15, -0.1) is 0 Å². The second-order valence-electron chi connectivity index (χ2n) is 13.9. The molecule has 1 aromatic carbocycles. The molecule has 11 heteroatoms. The average Bonchev–Trinajstić information content (AvgIpc) is 3.82. The number of ketones is 1. The number of ether oxygens (including phenoxy) is 3. The van der Waals surface area contributed by atoms with Crippen LogP contribution in [-0.2, 0) is 35.1 Å². The van der Waals surface area contributed by atoms with E-state index in [1.807, 2.05) is 29.2 Å². The molecule has 254 valence electrons. The number of hydrogen-bond donors (Lipinski definition) is 3. The Labute approximate surface area is 272 Å². The van der Waals surface area contributed by atoms with E-state index in [9.17, 15) is 19.2 Å². The van der Waals surface area contributed by atoms with Crippen LogP contribution in [0.3, 0.4) is 0 Å². The number of nitrogens with one attached hydrogen (secondary N) is 3. The molecule has 0 spiro atoms. The molecule has 0 unspecified atom stereocenters. The van der Waals surface area contributed by atoms with E-state index in [-0.39, 0.29) is 24.7 Å². The first kappa shape index (κ1) is 34.3. The summed E-state index contributed by atoms with van der Waals surface area (Å²) in [4.78, 5) is 55.9. The summed E-state index contributed by atoms with van der Waals surface area (Å²) in [5.41, 5.74) is -0.0602.